The number of furan rings is 1. The molecule has 0 saturated heterocycles. The third kappa shape index (κ3) is 1.68. The minimum atomic E-state index is 0.489. The predicted octanol–water partition coefficient (Wildman–Crippen LogP) is 4.16. The highest BCUT2D eigenvalue weighted by Crippen LogP contribution is 2.29. The molecule has 0 atom stereocenters. The highest BCUT2D eigenvalue weighted by atomic mass is 35.5. The second kappa shape index (κ2) is 4.10. The van der Waals surface area contributed by atoms with Crippen LogP contribution in [0, 0.1) is 13.8 Å². The molecule has 0 aliphatic heterocycles. The van der Waals surface area contributed by atoms with Gasteiger partial charge >= 0.3 is 0 Å². The third-order valence-corrected chi connectivity index (χ3v) is 3.42. The highest BCUT2D eigenvalue weighted by molar-refractivity contribution is 6.30. The van der Waals surface area contributed by atoms with Crippen LogP contribution in [-0.2, 0) is 0 Å². The maximum atomic E-state index is 6.11. The van der Waals surface area contributed by atoms with Crippen LogP contribution in [0.1, 0.15) is 11.3 Å². The quantitative estimate of drug-likeness (QED) is 0.615. The zero-order valence-electron chi connectivity index (χ0n) is 10.1. The van der Waals surface area contributed by atoms with Crippen LogP contribution in [0.5, 0.6) is 0 Å². The summed E-state index contributed by atoms with van der Waals surface area (Å²) in [6.45, 7) is 3.84. The largest absolute Gasteiger partial charge is 0.464 e. The molecule has 1 aromatic carbocycles. The van der Waals surface area contributed by atoms with Gasteiger partial charge in [0.05, 0.1) is 5.56 Å². The van der Waals surface area contributed by atoms with E-state index >= 15 is 0 Å². The van der Waals surface area contributed by atoms with Crippen molar-refractivity contribution in [3.63, 3.8) is 0 Å². The molecule has 0 N–H and O–H groups in total. The Morgan fingerprint density at radius 2 is 1.89 bits per heavy atom. The molecule has 0 aliphatic rings. The lowest BCUT2D eigenvalue weighted by molar-refractivity contribution is 0.616. The van der Waals surface area contributed by atoms with Crippen molar-refractivity contribution in [2.45, 2.75) is 13.8 Å². The van der Waals surface area contributed by atoms with Crippen LogP contribution < -0.4 is 0 Å². The molecular weight excluding hydrogens is 248 g/mol. The molecule has 2 aromatic heterocycles. The molecule has 0 fully saturated rings. The van der Waals surface area contributed by atoms with Crippen LogP contribution in [-0.4, -0.2) is 9.97 Å². The zero-order chi connectivity index (χ0) is 12.7. The van der Waals surface area contributed by atoms with Gasteiger partial charge in [-0.25, -0.2) is 9.97 Å². The topological polar surface area (TPSA) is 38.9 Å². The summed E-state index contributed by atoms with van der Waals surface area (Å²) in [6, 6.07) is 7.80. The van der Waals surface area contributed by atoms with Crippen molar-refractivity contribution in [3.8, 4) is 11.4 Å². The molecule has 2 heterocycles. The molecule has 18 heavy (non-hydrogen) atoms. The van der Waals surface area contributed by atoms with Gasteiger partial charge in [-0.3, -0.25) is 0 Å². The van der Waals surface area contributed by atoms with E-state index in [0.29, 0.717) is 11.0 Å². The van der Waals surface area contributed by atoms with E-state index in [1.807, 2.05) is 38.1 Å². The van der Waals surface area contributed by atoms with Crippen LogP contribution in [0.15, 0.2) is 34.9 Å². The van der Waals surface area contributed by atoms with E-state index in [1.54, 1.807) is 6.26 Å². The van der Waals surface area contributed by atoms with Crippen LogP contribution >= 0.6 is 11.6 Å². The number of aromatic nitrogens is 2. The summed E-state index contributed by atoms with van der Waals surface area (Å²) >= 11 is 6.11. The van der Waals surface area contributed by atoms with Gasteiger partial charge in [0.15, 0.2) is 5.82 Å². The van der Waals surface area contributed by atoms with Crippen molar-refractivity contribution in [2.24, 2.45) is 0 Å². The SMILES string of the molecule is Cc1nc(-c2coc3ccccc23)nc(Cl)c1C. The Bertz CT molecular complexity index is 710. The average molecular weight is 259 g/mol. The van der Waals surface area contributed by atoms with E-state index in [-0.39, 0.29) is 0 Å². The Kier molecular flexibility index (Phi) is 2.56. The highest BCUT2D eigenvalue weighted by Gasteiger charge is 2.13. The van der Waals surface area contributed by atoms with Crippen LogP contribution in [0.2, 0.25) is 5.15 Å². The molecule has 0 amide bonds. The van der Waals surface area contributed by atoms with Crippen molar-refractivity contribution in [3.05, 3.63) is 46.9 Å². The molecule has 90 valence electrons. The molecule has 0 unspecified atom stereocenters. The van der Waals surface area contributed by atoms with Gasteiger partial charge in [-0.1, -0.05) is 29.8 Å². The molecule has 0 bridgehead atoms. The summed E-state index contributed by atoms with van der Waals surface area (Å²) < 4.78 is 5.49. The number of fused-ring (bicyclic) bond motifs is 1. The maximum absolute atomic E-state index is 6.11. The molecule has 0 aliphatic carbocycles. The fraction of sp³-hybridized carbons (Fsp3) is 0.143. The number of hydrogen-bond acceptors (Lipinski definition) is 3. The van der Waals surface area contributed by atoms with Crippen LogP contribution in [0.4, 0.5) is 0 Å². The lowest BCUT2D eigenvalue weighted by Gasteiger charge is -2.04. The number of aryl methyl sites for hydroxylation is 1. The summed E-state index contributed by atoms with van der Waals surface area (Å²) in [4.78, 5) is 8.79. The normalized spacial score (nSPS) is 11.1. The molecular formula is C14H11ClN2O. The Labute approximate surface area is 109 Å². The monoisotopic (exact) mass is 258 g/mol. The summed E-state index contributed by atoms with van der Waals surface area (Å²) in [6.07, 6.45) is 1.67. The number of nitrogens with zero attached hydrogens (tertiary/aromatic N) is 2. The van der Waals surface area contributed by atoms with Gasteiger partial charge in [0.1, 0.15) is 17.0 Å². The summed E-state index contributed by atoms with van der Waals surface area (Å²) in [7, 11) is 0. The van der Waals surface area contributed by atoms with E-state index in [0.717, 1.165) is 27.8 Å². The average Bonchev–Trinajstić information content (AvgIpc) is 2.79. The Hall–Kier alpha value is -1.87. The van der Waals surface area contributed by atoms with Gasteiger partial charge in [0, 0.05) is 16.6 Å². The number of halogens is 1. The number of rotatable bonds is 1. The summed E-state index contributed by atoms with van der Waals surface area (Å²) in [5, 5.41) is 1.49. The van der Waals surface area contributed by atoms with Gasteiger partial charge in [0.25, 0.3) is 0 Å². The second-order valence-corrected chi connectivity index (χ2v) is 4.55. The van der Waals surface area contributed by atoms with Crippen LogP contribution in [0.25, 0.3) is 22.4 Å². The van der Waals surface area contributed by atoms with Crippen molar-refractivity contribution in [2.75, 3.05) is 0 Å². The zero-order valence-corrected chi connectivity index (χ0v) is 10.8. The van der Waals surface area contributed by atoms with Crippen molar-refractivity contribution >= 4 is 22.6 Å². The minimum Gasteiger partial charge on any atom is -0.464 e. The van der Waals surface area contributed by atoms with Gasteiger partial charge < -0.3 is 4.42 Å². The second-order valence-electron chi connectivity index (χ2n) is 4.19. The lowest BCUT2D eigenvalue weighted by atomic mass is 10.1. The first-order valence-corrected chi connectivity index (χ1v) is 6.02. The standard InChI is InChI=1S/C14H11ClN2O/c1-8-9(2)16-14(17-13(8)15)11-7-18-12-6-4-3-5-10(11)12/h3-7H,1-2H3. The summed E-state index contributed by atoms with van der Waals surface area (Å²) in [5.74, 6) is 0.605. The molecule has 4 heteroatoms. The number of benzene rings is 1. The van der Waals surface area contributed by atoms with Gasteiger partial charge in [-0.15, -0.1) is 0 Å². The van der Waals surface area contributed by atoms with Gasteiger partial charge in [0.2, 0.25) is 0 Å². The molecule has 0 spiro atoms. The molecule has 0 saturated carbocycles. The Morgan fingerprint density at radius 1 is 1.11 bits per heavy atom. The van der Waals surface area contributed by atoms with Crippen molar-refractivity contribution in [1.82, 2.24) is 9.97 Å². The third-order valence-electron chi connectivity index (χ3n) is 3.05. The molecule has 3 nitrogen and oxygen atoms in total. The molecule has 0 radical (unpaired) electrons. The van der Waals surface area contributed by atoms with E-state index in [4.69, 9.17) is 16.0 Å². The smallest absolute Gasteiger partial charge is 0.164 e. The minimum absolute atomic E-state index is 0.489. The number of hydrogen-bond donors (Lipinski definition) is 0. The van der Waals surface area contributed by atoms with E-state index in [9.17, 15) is 0 Å². The first-order valence-electron chi connectivity index (χ1n) is 5.64. The fourth-order valence-corrected chi connectivity index (χ4v) is 2.08. The molecule has 3 aromatic rings. The Balaban J connectivity index is 2.26. The fourth-order valence-electron chi connectivity index (χ4n) is 1.87. The lowest BCUT2D eigenvalue weighted by Crippen LogP contribution is -1.95. The van der Waals surface area contributed by atoms with Gasteiger partial charge in [-0.2, -0.15) is 0 Å². The van der Waals surface area contributed by atoms with Crippen LogP contribution in [0.3, 0.4) is 0 Å². The molecule has 3 rings (SSSR count). The first kappa shape index (κ1) is 11.2. The Morgan fingerprint density at radius 3 is 2.67 bits per heavy atom. The van der Waals surface area contributed by atoms with E-state index in [1.165, 1.54) is 0 Å². The first-order chi connectivity index (χ1) is 8.66. The number of para-hydroxylation sites is 1. The van der Waals surface area contributed by atoms with E-state index < -0.39 is 0 Å². The van der Waals surface area contributed by atoms with Crippen molar-refractivity contribution < 1.29 is 4.42 Å². The summed E-state index contributed by atoms with van der Waals surface area (Å²) in [5.41, 5.74) is 3.49. The van der Waals surface area contributed by atoms with Gasteiger partial charge in [-0.05, 0) is 19.9 Å². The maximum Gasteiger partial charge on any atom is 0.164 e. The van der Waals surface area contributed by atoms with E-state index in [2.05, 4.69) is 9.97 Å². The van der Waals surface area contributed by atoms with Crippen molar-refractivity contribution in [1.29, 1.82) is 0 Å². The predicted molar refractivity (Wildman–Crippen MR) is 71.7 cm³/mol.